The van der Waals surface area contributed by atoms with E-state index < -0.39 is 0 Å². The molecule has 1 heterocycles. The number of hydrogen-bond acceptors (Lipinski definition) is 3. The number of nitrogens with one attached hydrogen (secondary N) is 2. The molecule has 2 atom stereocenters. The molecule has 1 aromatic rings. The van der Waals surface area contributed by atoms with E-state index in [1.807, 2.05) is 6.20 Å². The largest absolute Gasteiger partial charge is 0.356 e. The average Bonchev–Trinajstić information content (AvgIpc) is 3.05. The van der Waals surface area contributed by atoms with E-state index in [-0.39, 0.29) is 17.2 Å². The maximum Gasteiger partial charge on any atom is 0.223 e. The minimum atomic E-state index is 0.0513. The minimum absolute atomic E-state index is 0.0513. The number of hydrogen-bond donors (Lipinski definition) is 2. The summed E-state index contributed by atoms with van der Waals surface area (Å²) in [5, 5.41) is 10.8. The first-order valence-electron chi connectivity index (χ1n) is 10.7. The van der Waals surface area contributed by atoms with Gasteiger partial charge < -0.3 is 10.2 Å². The number of aromatic amines is 1. The zero-order valence-corrected chi connectivity index (χ0v) is 18.3. The lowest BCUT2D eigenvalue weighted by atomic mass is 9.64. The fraction of sp³-hybridized carbons (Fsp3) is 0.818. The standard InChI is InChI=1S/C22H40N4O/c1-7-8-11-26(6)15-18-14-24-25-20(18)17-9-10-22(4,5)19(12-17)21(27)23-13-16(2)3/h14,16-17,19H,7-13,15H2,1-6H3,(H,23,27)(H,24,25)/t17?,19-/m0/s1. The molecule has 1 aliphatic carbocycles. The van der Waals surface area contributed by atoms with Crippen LogP contribution in [0.15, 0.2) is 6.20 Å². The van der Waals surface area contributed by atoms with Gasteiger partial charge in [-0.3, -0.25) is 9.89 Å². The second-order valence-electron chi connectivity index (χ2n) is 9.55. The fourth-order valence-corrected chi connectivity index (χ4v) is 4.19. The molecule has 1 saturated carbocycles. The summed E-state index contributed by atoms with van der Waals surface area (Å²) in [5.41, 5.74) is 2.59. The third-order valence-corrected chi connectivity index (χ3v) is 6.09. The van der Waals surface area contributed by atoms with Crippen LogP contribution in [0.2, 0.25) is 0 Å². The van der Waals surface area contributed by atoms with E-state index >= 15 is 0 Å². The molecule has 0 aromatic carbocycles. The van der Waals surface area contributed by atoms with Crippen molar-refractivity contribution < 1.29 is 4.79 Å². The SMILES string of the molecule is CCCCN(C)Cc1cn[nH]c1C1CCC(C)(C)[C@H](C(=O)NCC(C)C)C1. The predicted octanol–water partition coefficient (Wildman–Crippen LogP) is 4.32. The van der Waals surface area contributed by atoms with Crippen LogP contribution in [0.4, 0.5) is 0 Å². The van der Waals surface area contributed by atoms with Gasteiger partial charge in [0.25, 0.3) is 0 Å². The van der Waals surface area contributed by atoms with E-state index in [4.69, 9.17) is 0 Å². The van der Waals surface area contributed by atoms with Crippen LogP contribution in [-0.4, -0.2) is 41.1 Å². The summed E-state index contributed by atoms with van der Waals surface area (Å²) in [4.78, 5) is 15.2. The normalized spacial score (nSPS) is 22.4. The molecule has 1 aromatic heterocycles. The molecule has 0 spiro atoms. The maximum absolute atomic E-state index is 12.9. The highest BCUT2D eigenvalue weighted by atomic mass is 16.1. The lowest BCUT2D eigenvalue weighted by Gasteiger charge is -2.41. The number of carbonyl (C=O) groups is 1. The van der Waals surface area contributed by atoms with Crippen molar-refractivity contribution >= 4 is 5.91 Å². The summed E-state index contributed by atoms with van der Waals surface area (Å²) in [6, 6.07) is 0. The van der Waals surface area contributed by atoms with Gasteiger partial charge in [0, 0.05) is 36.2 Å². The molecule has 27 heavy (non-hydrogen) atoms. The molecule has 0 radical (unpaired) electrons. The molecule has 2 rings (SSSR count). The van der Waals surface area contributed by atoms with Gasteiger partial charge >= 0.3 is 0 Å². The van der Waals surface area contributed by atoms with Crippen molar-refractivity contribution in [3.63, 3.8) is 0 Å². The van der Waals surface area contributed by atoms with Crippen LogP contribution in [0.5, 0.6) is 0 Å². The molecular formula is C22H40N4O. The molecule has 1 unspecified atom stereocenters. The van der Waals surface area contributed by atoms with Gasteiger partial charge in [0.15, 0.2) is 0 Å². The van der Waals surface area contributed by atoms with Gasteiger partial charge in [-0.15, -0.1) is 0 Å². The van der Waals surface area contributed by atoms with E-state index in [0.717, 1.165) is 38.9 Å². The Hall–Kier alpha value is -1.36. The summed E-state index contributed by atoms with van der Waals surface area (Å²) >= 11 is 0. The molecule has 1 amide bonds. The molecule has 0 bridgehead atoms. The number of nitrogens with zero attached hydrogens (tertiary/aromatic N) is 2. The Labute approximate surface area is 165 Å². The van der Waals surface area contributed by atoms with Gasteiger partial charge in [-0.2, -0.15) is 5.10 Å². The van der Waals surface area contributed by atoms with E-state index in [9.17, 15) is 4.79 Å². The average molecular weight is 377 g/mol. The number of amides is 1. The van der Waals surface area contributed by atoms with Crippen LogP contribution in [0, 0.1) is 17.3 Å². The highest BCUT2D eigenvalue weighted by Gasteiger charge is 2.41. The number of aromatic nitrogens is 2. The van der Waals surface area contributed by atoms with Crippen molar-refractivity contribution in [3.8, 4) is 0 Å². The van der Waals surface area contributed by atoms with Crippen LogP contribution in [0.25, 0.3) is 0 Å². The number of H-pyrrole nitrogens is 1. The number of unbranched alkanes of at least 4 members (excludes halogenated alkanes) is 1. The van der Waals surface area contributed by atoms with E-state index in [0.29, 0.717) is 11.8 Å². The highest BCUT2D eigenvalue weighted by Crippen LogP contribution is 2.47. The van der Waals surface area contributed by atoms with Crippen LogP contribution < -0.4 is 5.32 Å². The molecule has 1 fully saturated rings. The van der Waals surface area contributed by atoms with Gasteiger partial charge in [0.2, 0.25) is 5.91 Å². The quantitative estimate of drug-likeness (QED) is 0.674. The van der Waals surface area contributed by atoms with Gasteiger partial charge in [-0.05, 0) is 50.6 Å². The van der Waals surface area contributed by atoms with Gasteiger partial charge in [0.05, 0.1) is 6.20 Å². The third-order valence-electron chi connectivity index (χ3n) is 6.09. The van der Waals surface area contributed by atoms with Crippen molar-refractivity contribution in [2.75, 3.05) is 20.1 Å². The molecule has 2 N–H and O–H groups in total. The molecular weight excluding hydrogens is 336 g/mol. The first-order valence-corrected chi connectivity index (χ1v) is 10.7. The van der Waals surface area contributed by atoms with E-state index in [1.165, 1.54) is 24.1 Å². The molecule has 5 nitrogen and oxygen atoms in total. The second-order valence-corrected chi connectivity index (χ2v) is 9.55. The van der Waals surface area contributed by atoms with Crippen LogP contribution in [-0.2, 0) is 11.3 Å². The fourth-order valence-electron chi connectivity index (χ4n) is 4.19. The second kappa shape index (κ2) is 9.72. The summed E-state index contributed by atoms with van der Waals surface area (Å²) in [5.74, 6) is 1.16. The monoisotopic (exact) mass is 376 g/mol. The summed E-state index contributed by atoms with van der Waals surface area (Å²) in [7, 11) is 2.18. The zero-order chi connectivity index (χ0) is 20.0. The van der Waals surface area contributed by atoms with Crippen molar-refractivity contribution in [3.05, 3.63) is 17.5 Å². The molecule has 1 aliphatic rings. The van der Waals surface area contributed by atoms with Crippen LogP contribution in [0.3, 0.4) is 0 Å². The Morgan fingerprint density at radius 1 is 1.44 bits per heavy atom. The van der Waals surface area contributed by atoms with Gasteiger partial charge in [0.1, 0.15) is 0 Å². The Balaban J connectivity index is 2.07. The number of carbonyl (C=O) groups excluding carboxylic acids is 1. The zero-order valence-electron chi connectivity index (χ0n) is 18.3. The smallest absolute Gasteiger partial charge is 0.223 e. The first-order chi connectivity index (χ1) is 12.7. The Morgan fingerprint density at radius 2 is 2.19 bits per heavy atom. The third kappa shape index (κ3) is 6.06. The topological polar surface area (TPSA) is 61.0 Å². The molecule has 5 heteroatoms. The van der Waals surface area contributed by atoms with Crippen molar-refractivity contribution in [1.29, 1.82) is 0 Å². The van der Waals surface area contributed by atoms with Crippen molar-refractivity contribution in [2.24, 2.45) is 17.3 Å². The lowest BCUT2D eigenvalue weighted by molar-refractivity contribution is -0.130. The minimum Gasteiger partial charge on any atom is -0.356 e. The van der Waals surface area contributed by atoms with Crippen molar-refractivity contribution in [2.45, 2.75) is 79.2 Å². The molecule has 0 aliphatic heterocycles. The number of rotatable bonds is 9. The summed E-state index contributed by atoms with van der Waals surface area (Å²) < 4.78 is 0. The first kappa shape index (κ1) is 21.9. The molecule has 0 saturated heterocycles. The predicted molar refractivity (Wildman–Crippen MR) is 112 cm³/mol. The van der Waals surface area contributed by atoms with Crippen LogP contribution >= 0.6 is 0 Å². The van der Waals surface area contributed by atoms with Crippen LogP contribution in [0.1, 0.15) is 83.9 Å². The van der Waals surface area contributed by atoms with Crippen molar-refractivity contribution in [1.82, 2.24) is 20.4 Å². The van der Waals surface area contributed by atoms with Gasteiger partial charge in [-0.1, -0.05) is 41.0 Å². The molecule has 154 valence electrons. The van der Waals surface area contributed by atoms with Gasteiger partial charge in [-0.25, -0.2) is 0 Å². The van der Waals surface area contributed by atoms with E-state index in [1.54, 1.807) is 0 Å². The summed E-state index contributed by atoms with van der Waals surface area (Å²) in [6.45, 7) is 13.8. The summed E-state index contributed by atoms with van der Waals surface area (Å²) in [6.07, 6.45) is 7.51. The Bertz CT molecular complexity index is 593. The lowest BCUT2D eigenvalue weighted by Crippen LogP contribution is -2.43. The maximum atomic E-state index is 12.9. The Kier molecular flexibility index (Phi) is 7.90. The van der Waals surface area contributed by atoms with E-state index in [2.05, 4.69) is 62.1 Å². The highest BCUT2D eigenvalue weighted by molar-refractivity contribution is 5.79. The Morgan fingerprint density at radius 3 is 2.85 bits per heavy atom.